The molecule has 0 aliphatic heterocycles. The van der Waals surface area contributed by atoms with Crippen molar-refractivity contribution in [2.75, 3.05) is 5.73 Å². The zero-order valence-electron chi connectivity index (χ0n) is 8.14. The van der Waals surface area contributed by atoms with E-state index in [-0.39, 0.29) is 4.90 Å². The lowest BCUT2D eigenvalue weighted by molar-refractivity contribution is 0.598. The van der Waals surface area contributed by atoms with Crippen molar-refractivity contribution in [1.82, 2.24) is 4.57 Å². The maximum Gasteiger partial charge on any atom is 0.240 e. The van der Waals surface area contributed by atoms with E-state index in [4.69, 9.17) is 10.9 Å². The molecule has 0 saturated carbocycles. The number of rotatable bonds is 1. The Morgan fingerprint density at radius 2 is 2.00 bits per heavy atom. The Bertz CT molecular complexity index is 628. The van der Waals surface area contributed by atoms with Crippen molar-refractivity contribution in [1.29, 1.82) is 0 Å². The maximum absolute atomic E-state index is 11.3. The molecule has 0 bridgehead atoms. The topological polar surface area (TPSA) is 91.1 Å². The number of sulfonamides is 1. The largest absolute Gasteiger partial charge is 0.399 e. The van der Waals surface area contributed by atoms with E-state index in [0.717, 1.165) is 5.52 Å². The molecule has 0 saturated heterocycles. The van der Waals surface area contributed by atoms with Crippen LogP contribution in [-0.2, 0) is 17.1 Å². The summed E-state index contributed by atoms with van der Waals surface area (Å²) in [7, 11) is -1.94. The molecule has 1 heterocycles. The van der Waals surface area contributed by atoms with Gasteiger partial charge in [-0.05, 0) is 18.2 Å². The van der Waals surface area contributed by atoms with Crippen molar-refractivity contribution in [2.45, 2.75) is 4.90 Å². The number of benzene rings is 1. The average molecular weight is 225 g/mol. The van der Waals surface area contributed by atoms with Crippen LogP contribution in [0.15, 0.2) is 29.3 Å². The second kappa shape index (κ2) is 2.98. The average Bonchev–Trinajstić information content (AvgIpc) is 2.42. The minimum absolute atomic E-state index is 0.104. The summed E-state index contributed by atoms with van der Waals surface area (Å²) in [5.41, 5.74) is 6.90. The third-order valence-corrected chi connectivity index (χ3v) is 3.22. The number of nitrogens with zero attached hydrogens (tertiary/aromatic N) is 1. The van der Waals surface area contributed by atoms with Gasteiger partial charge in [0.05, 0.1) is 0 Å². The molecule has 0 aliphatic rings. The molecular formula is C9H11N3O2S. The molecule has 2 rings (SSSR count). The number of hydrogen-bond acceptors (Lipinski definition) is 3. The standard InChI is InChI=1S/C9H11N3O2S/c1-12-5-9(15(11,13)14)7-4-6(10)2-3-8(7)12/h2-5H,10H2,1H3,(H2,11,13,14). The first-order valence-corrected chi connectivity index (χ1v) is 5.81. The number of hydrogen-bond donors (Lipinski definition) is 2. The molecule has 2 aromatic rings. The quantitative estimate of drug-likeness (QED) is 0.688. The lowest BCUT2D eigenvalue weighted by atomic mass is 10.2. The summed E-state index contributed by atoms with van der Waals surface area (Å²) in [4.78, 5) is 0.104. The van der Waals surface area contributed by atoms with Crippen LogP contribution in [-0.4, -0.2) is 13.0 Å². The van der Waals surface area contributed by atoms with Crippen LogP contribution in [0.1, 0.15) is 0 Å². The zero-order chi connectivity index (χ0) is 11.2. The monoisotopic (exact) mass is 225 g/mol. The number of anilines is 1. The number of fused-ring (bicyclic) bond motifs is 1. The molecule has 1 aromatic heterocycles. The molecule has 0 amide bonds. The second-order valence-corrected chi connectivity index (χ2v) is 4.96. The molecule has 15 heavy (non-hydrogen) atoms. The Morgan fingerprint density at radius 1 is 1.33 bits per heavy atom. The van der Waals surface area contributed by atoms with Crippen molar-refractivity contribution >= 4 is 26.6 Å². The Morgan fingerprint density at radius 3 is 2.60 bits per heavy atom. The van der Waals surface area contributed by atoms with Crippen molar-refractivity contribution in [3.8, 4) is 0 Å². The van der Waals surface area contributed by atoms with E-state index in [0.29, 0.717) is 11.1 Å². The van der Waals surface area contributed by atoms with Gasteiger partial charge in [0.2, 0.25) is 10.0 Å². The summed E-state index contributed by atoms with van der Waals surface area (Å²) >= 11 is 0. The van der Waals surface area contributed by atoms with Gasteiger partial charge < -0.3 is 10.3 Å². The van der Waals surface area contributed by atoms with E-state index < -0.39 is 10.0 Å². The summed E-state index contributed by atoms with van der Waals surface area (Å²) in [5, 5.41) is 5.66. The molecule has 0 spiro atoms. The van der Waals surface area contributed by atoms with Gasteiger partial charge >= 0.3 is 0 Å². The molecule has 0 radical (unpaired) electrons. The number of aromatic nitrogens is 1. The highest BCUT2D eigenvalue weighted by atomic mass is 32.2. The summed E-state index contributed by atoms with van der Waals surface area (Å²) in [6.07, 6.45) is 1.49. The van der Waals surface area contributed by atoms with Crippen LogP contribution in [0.2, 0.25) is 0 Å². The van der Waals surface area contributed by atoms with Gasteiger partial charge in [-0.3, -0.25) is 0 Å². The Kier molecular flexibility index (Phi) is 1.99. The van der Waals surface area contributed by atoms with Crippen molar-refractivity contribution in [3.05, 3.63) is 24.4 Å². The van der Waals surface area contributed by atoms with Crippen LogP contribution in [0.4, 0.5) is 5.69 Å². The minimum Gasteiger partial charge on any atom is -0.399 e. The predicted molar refractivity (Wildman–Crippen MR) is 58.7 cm³/mol. The molecule has 80 valence electrons. The number of aryl methyl sites for hydroxylation is 1. The molecule has 0 unspecified atom stereocenters. The zero-order valence-corrected chi connectivity index (χ0v) is 8.95. The maximum atomic E-state index is 11.3. The fourth-order valence-electron chi connectivity index (χ4n) is 1.60. The first kappa shape index (κ1) is 10.0. The first-order chi connectivity index (χ1) is 6.89. The van der Waals surface area contributed by atoms with Gasteiger partial charge in [-0.1, -0.05) is 0 Å². The van der Waals surface area contributed by atoms with E-state index in [1.165, 1.54) is 6.20 Å². The highest BCUT2D eigenvalue weighted by Gasteiger charge is 2.15. The van der Waals surface area contributed by atoms with Gasteiger partial charge in [0.15, 0.2) is 0 Å². The summed E-state index contributed by atoms with van der Waals surface area (Å²) in [5.74, 6) is 0. The van der Waals surface area contributed by atoms with Crippen molar-refractivity contribution in [3.63, 3.8) is 0 Å². The van der Waals surface area contributed by atoms with Crippen LogP contribution < -0.4 is 10.9 Å². The van der Waals surface area contributed by atoms with Gasteiger partial charge in [0.25, 0.3) is 0 Å². The molecule has 4 N–H and O–H groups in total. The molecule has 6 heteroatoms. The van der Waals surface area contributed by atoms with Gasteiger partial charge in [-0.15, -0.1) is 0 Å². The number of nitrogen functional groups attached to an aromatic ring is 1. The normalized spacial score (nSPS) is 12.1. The summed E-state index contributed by atoms with van der Waals surface area (Å²) < 4.78 is 24.3. The number of nitrogens with two attached hydrogens (primary N) is 2. The third kappa shape index (κ3) is 1.57. The van der Waals surface area contributed by atoms with E-state index in [1.54, 1.807) is 29.8 Å². The molecule has 0 aliphatic carbocycles. The molecule has 1 aromatic carbocycles. The van der Waals surface area contributed by atoms with E-state index in [2.05, 4.69) is 0 Å². The lowest BCUT2D eigenvalue weighted by Crippen LogP contribution is -2.11. The Balaban J connectivity index is 2.94. The fraction of sp³-hybridized carbons (Fsp3) is 0.111. The summed E-state index contributed by atoms with van der Waals surface area (Å²) in [6, 6.07) is 5.09. The second-order valence-electron chi connectivity index (χ2n) is 3.43. The predicted octanol–water partition coefficient (Wildman–Crippen LogP) is 0.408. The minimum atomic E-state index is -3.70. The third-order valence-electron chi connectivity index (χ3n) is 2.28. The number of primary sulfonamides is 1. The van der Waals surface area contributed by atoms with Crippen LogP contribution in [0.25, 0.3) is 10.9 Å². The molecule has 0 fully saturated rings. The fourth-order valence-corrected chi connectivity index (χ4v) is 2.38. The highest BCUT2D eigenvalue weighted by molar-refractivity contribution is 7.89. The van der Waals surface area contributed by atoms with Crippen LogP contribution in [0, 0.1) is 0 Å². The Hall–Kier alpha value is -1.53. The van der Waals surface area contributed by atoms with Crippen molar-refractivity contribution in [2.24, 2.45) is 12.2 Å². The van der Waals surface area contributed by atoms with Crippen LogP contribution in [0.5, 0.6) is 0 Å². The lowest BCUT2D eigenvalue weighted by Gasteiger charge is -1.97. The molecule has 5 nitrogen and oxygen atoms in total. The van der Waals surface area contributed by atoms with Gasteiger partial charge in [-0.2, -0.15) is 0 Å². The van der Waals surface area contributed by atoms with Gasteiger partial charge in [0, 0.05) is 29.8 Å². The van der Waals surface area contributed by atoms with E-state index in [1.807, 2.05) is 0 Å². The van der Waals surface area contributed by atoms with E-state index in [9.17, 15) is 8.42 Å². The molecule has 0 atom stereocenters. The van der Waals surface area contributed by atoms with Crippen molar-refractivity contribution < 1.29 is 8.42 Å². The van der Waals surface area contributed by atoms with Crippen LogP contribution >= 0.6 is 0 Å². The first-order valence-electron chi connectivity index (χ1n) is 4.27. The summed E-state index contributed by atoms with van der Waals surface area (Å²) in [6.45, 7) is 0. The highest BCUT2D eigenvalue weighted by Crippen LogP contribution is 2.25. The van der Waals surface area contributed by atoms with Gasteiger partial charge in [-0.25, -0.2) is 13.6 Å². The Labute approximate surface area is 87.3 Å². The smallest absolute Gasteiger partial charge is 0.240 e. The van der Waals surface area contributed by atoms with E-state index >= 15 is 0 Å². The SMILES string of the molecule is Cn1cc(S(N)(=O)=O)c2cc(N)ccc21. The molecular weight excluding hydrogens is 214 g/mol. The van der Waals surface area contributed by atoms with Crippen LogP contribution in [0.3, 0.4) is 0 Å². The van der Waals surface area contributed by atoms with Gasteiger partial charge in [0.1, 0.15) is 4.90 Å².